The van der Waals surface area contributed by atoms with Gasteiger partial charge in [-0.3, -0.25) is 19.9 Å². The van der Waals surface area contributed by atoms with E-state index in [1.165, 1.54) is 77.0 Å². The third-order valence-corrected chi connectivity index (χ3v) is 20.0. The second-order valence-corrected chi connectivity index (χ2v) is 25.2. The van der Waals surface area contributed by atoms with Crippen LogP contribution in [0.3, 0.4) is 0 Å². The molecule has 0 spiro atoms. The Morgan fingerprint density at radius 3 is 1.01 bits per heavy atom. The lowest BCUT2D eigenvalue weighted by atomic mass is 10.0. The summed E-state index contributed by atoms with van der Waals surface area (Å²) in [5.74, 6) is 8.65. The van der Waals surface area contributed by atoms with Gasteiger partial charge in [0.1, 0.15) is 33.7 Å². The molecule has 7 aromatic heterocycles. The van der Waals surface area contributed by atoms with Gasteiger partial charge in [-0.25, -0.2) is 29.9 Å². The van der Waals surface area contributed by atoms with Crippen LogP contribution in [0, 0.1) is 23.7 Å². The number of H-pyrrole nitrogens is 2. The molecule has 2 N–H and O–H groups in total. The molecule has 76 heavy (non-hydrogen) atoms. The Hall–Kier alpha value is -4.64. The van der Waals surface area contributed by atoms with E-state index in [1.807, 2.05) is 71.8 Å². The van der Waals surface area contributed by atoms with E-state index < -0.39 is 0 Å². The molecule has 4 atom stereocenters. The van der Waals surface area contributed by atoms with Gasteiger partial charge in [0.2, 0.25) is 0 Å². The number of unbranched alkanes of at least 4 members (excludes halogenated alkanes) is 4. The highest BCUT2D eigenvalue weighted by Gasteiger charge is 2.26. The van der Waals surface area contributed by atoms with E-state index in [0.717, 1.165) is 90.2 Å². The van der Waals surface area contributed by atoms with Gasteiger partial charge in [0.15, 0.2) is 34.6 Å². The summed E-state index contributed by atoms with van der Waals surface area (Å²) in [6, 6.07) is 8.80. The van der Waals surface area contributed by atoms with Crippen LogP contribution >= 0.6 is 47.0 Å². The van der Waals surface area contributed by atoms with Gasteiger partial charge in [0.25, 0.3) is 0 Å². The maximum atomic E-state index is 5.36. The van der Waals surface area contributed by atoms with Crippen LogP contribution in [0.5, 0.6) is 0 Å². The summed E-state index contributed by atoms with van der Waals surface area (Å²) in [5, 5.41) is 1.71. The molecule has 7 aromatic rings. The van der Waals surface area contributed by atoms with Gasteiger partial charge in [-0.15, -0.1) is 47.0 Å². The number of pyridine rings is 4. The molecular weight excluding hydrogens is 1020 g/mol. The molecule has 2 aliphatic rings. The summed E-state index contributed by atoms with van der Waals surface area (Å²) in [5.41, 5.74) is 6.76. The summed E-state index contributed by atoms with van der Waals surface area (Å²) in [4.78, 5) is 64.1. The Labute approximate surface area is 467 Å². The summed E-state index contributed by atoms with van der Waals surface area (Å²) >= 11 is 7.45. The van der Waals surface area contributed by atoms with E-state index in [4.69, 9.17) is 49.8 Å². The van der Waals surface area contributed by atoms with Crippen LogP contribution in [0.15, 0.2) is 68.6 Å². The number of fused-ring (bicyclic) bond motifs is 20. The van der Waals surface area contributed by atoms with Crippen LogP contribution in [-0.2, 0) is 0 Å². The third kappa shape index (κ3) is 13.4. The first-order valence-electron chi connectivity index (χ1n) is 28.6. The second kappa shape index (κ2) is 27.3. The molecule has 2 aliphatic heterocycles. The molecule has 0 saturated heterocycles. The lowest BCUT2D eigenvalue weighted by Gasteiger charge is -2.14. The zero-order valence-corrected chi connectivity index (χ0v) is 49.4. The van der Waals surface area contributed by atoms with E-state index in [-0.39, 0.29) is 0 Å². The normalized spacial score (nSPS) is 13.8. The minimum atomic E-state index is 0.473. The van der Waals surface area contributed by atoms with Crippen molar-refractivity contribution in [1.29, 1.82) is 0 Å². The Kier molecular flexibility index (Phi) is 20.1. The first-order valence-corrected chi connectivity index (χ1v) is 32.5. The number of thioether (sulfide) groups is 4. The van der Waals surface area contributed by atoms with Crippen LogP contribution in [-0.4, -0.2) is 82.8 Å². The van der Waals surface area contributed by atoms with Crippen LogP contribution in [0.25, 0.3) is 90.2 Å². The van der Waals surface area contributed by atoms with Gasteiger partial charge in [-0.2, -0.15) is 0 Å². The Balaban J connectivity index is 1.26. The van der Waals surface area contributed by atoms with E-state index in [0.29, 0.717) is 92.0 Å². The van der Waals surface area contributed by atoms with Gasteiger partial charge in [-0.05, 0) is 73.6 Å². The second-order valence-electron chi connectivity index (χ2n) is 20.8. The molecule has 0 aliphatic carbocycles. The van der Waals surface area contributed by atoms with Crippen molar-refractivity contribution in [2.75, 3.05) is 23.0 Å². The molecule has 9 rings (SSSR count). The molecule has 0 amide bonds. The van der Waals surface area contributed by atoms with Crippen molar-refractivity contribution in [1.82, 2.24) is 59.8 Å². The summed E-state index contributed by atoms with van der Waals surface area (Å²) < 4.78 is 0. The summed E-state index contributed by atoms with van der Waals surface area (Å²) in [6.07, 6.45) is 27.2. The van der Waals surface area contributed by atoms with Gasteiger partial charge >= 0.3 is 0 Å². The molecule has 12 nitrogen and oxygen atoms in total. The third-order valence-electron chi connectivity index (χ3n) is 15.2. The van der Waals surface area contributed by atoms with Gasteiger partial charge in [-0.1, -0.05) is 132 Å². The predicted octanol–water partition coefficient (Wildman–Crippen LogP) is 17.7. The monoisotopic (exact) mass is 1090 g/mol. The molecular formula is C60H78N12S4. The zero-order chi connectivity index (χ0) is 53.0. The molecule has 16 heteroatoms. The highest BCUT2D eigenvalue weighted by molar-refractivity contribution is 8.00. The zero-order valence-electron chi connectivity index (χ0n) is 46.2. The van der Waals surface area contributed by atoms with Crippen molar-refractivity contribution >= 4 is 91.4 Å². The Bertz CT molecular complexity index is 3030. The average molecular weight is 1100 g/mol. The van der Waals surface area contributed by atoms with Crippen LogP contribution in [0.1, 0.15) is 158 Å². The average Bonchev–Trinajstić information content (AvgIpc) is 4.18. The predicted molar refractivity (Wildman–Crippen MR) is 323 cm³/mol. The lowest BCUT2D eigenvalue weighted by molar-refractivity contribution is 0.499. The SMILES string of the molecule is CCCCC(CC)CSc1cnc2c(c1)-c1nc-2nc2[nH]c(nc3nc(nc4[nH]c(n1)c1ncc(SCC(CC)CCCC)cc41)-c1ncc(SCC(CC)CCCC)cc1-3)c1ncc(SCC(CC)CCCC)cc21. The topological polar surface area (TPSA) is 160 Å². The maximum Gasteiger partial charge on any atom is 0.183 e. The van der Waals surface area contributed by atoms with Crippen LogP contribution in [0.4, 0.5) is 0 Å². The smallest absolute Gasteiger partial charge is 0.183 e. The molecule has 0 radical (unpaired) electrons. The summed E-state index contributed by atoms with van der Waals surface area (Å²) in [6.45, 7) is 18.3. The molecule has 8 bridgehead atoms. The van der Waals surface area contributed by atoms with Crippen LogP contribution < -0.4 is 0 Å². The van der Waals surface area contributed by atoms with E-state index >= 15 is 0 Å². The van der Waals surface area contributed by atoms with E-state index in [1.54, 1.807) is 0 Å². The fraction of sp³-hybridized carbons (Fsp3) is 0.533. The maximum absolute atomic E-state index is 5.36. The number of hydrogen-bond acceptors (Lipinski definition) is 14. The largest absolute Gasteiger partial charge is 0.322 e. The Morgan fingerprint density at radius 1 is 0.368 bits per heavy atom. The summed E-state index contributed by atoms with van der Waals surface area (Å²) in [7, 11) is 0. The standard InChI is InChI=1S/C60H78N12S4/c1-9-17-21-37(13-5)33-73-41-25-45-49(61-29-41)57-65-53(45)69-58-50-46(26-42(30-62-50)74-34-38(14-6)22-18-10-2)55(66-58)71-60-52-48(28-44(32-64-52)76-36-40(16-8)24-20-12-4)56(68-60)72-59-51-47(54(67-59)70-57)27-43(31-63-51)75-35-39(15-7)23-19-11-3/h25-32,37-40H,9-24,33-36H2,1-8H3,(H2,65,66,67,68,69,70,71,72). The Morgan fingerprint density at radius 2 is 0.684 bits per heavy atom. The lowest BCUT2D eigenvalue weighted by Crippen LogP contribution is -2.02. The number of hydrogen-bond donors (Lipinski definition) is 2. The van der Waals surface area contributed by atoms with Crippen molar-refractivity contribution in [2.24, 2.45) is 23.7 Å². The first kappa shape index (κ1) is 56.1. The highest BCUT2D eigenvalue weighted by Crippen LogP contribution is 2.40. The number of aromatic nitrogens is 12. The van der Waals surface area contributed by atoms with Crippen molar-refractivity contribution < 1.29 is 0 Å². The molecule has 9 heterocycles. The van der Waals surface area contributed by atoms with Crippen molar-refractivity contribution in [2.45, 2.75) is 178 Å². The molecule has 0 fully saturated rings. The van der Waals surface area contributed by atoms with Gasteiger partial charge < -0.3 is 9.97 Å². The number of aromatic amines is 2. The van der Waals surface area contributed by atoms with E-state index in [2.05, 4.69) is 89.6 Å². The van der Waals surface area contributed by atoms with Crippen LogP contribution in [0.2, 0.25) is 0 Å². The molecule has 402 valence electrons. The van der Waals surface area contributed by atoms with Crippen molar-refractivity contribution in [3.05, 3.63) is 49.1 Å². The minimum absolute atomic E-state index is 0.473. The van der Waals surface area contributed by atoms with Gasteiger partial charge in [0, 0.05) is 78.2 Å². The number of nitrogens with zero attached hydrogens (tertiary/aromatic N) is 10. The fourth-order valence-electron chi connectivity index (χ4n) is 9.98. The van der Waals surface area contributed by atoms with E-state index in [9.17, 15) is 0 Å². The molecule has 0 aromatic carbocycles. The number of rotatable bonds is 28. The molecule has 0 saturated carbocycles. The minimum Gasteiger partial charge on any atom is -0.322 e. The molecule has 4 unspecified atom stereocenters. The van der Waals surface area contributed by atoms with Crippen molar-refractivity contribution in [3.63, 3.8) is 0 Å². The fourth-order valence-corrected chi connectivity index (χ4v) is 14.6. The quantitative estimate of drug-likeness (QED) is 0.0446. The number of nitrogens with one attached hydrogen (secondary N) is 2. The first-order chi connectivity index (χ1) is 37.3. The van der Waals surface area contributed by atoms with Gasteiger partial charge in [0.05, 0.1) is 11.1 Å². The highest BCUT2D eigenvalue weighted by atomic mass is 32.2. The van der Waals surface area contributed by atoms with Crippen molar-refractivity contribution in [3.8, 4) is 45.8 Å².